The minimum atomic E-state index is -4.53. The smallest absolute Gasteiger partial charge is 0.399 e. The second kappa shape index (κ2) is 6.60. The lowest BCUT2D eigenvalue weighted by atomic mass is 9.87. The van der Waals surface area contributed by atoms with Crippen molar-refractivity contribution in [1.82, 2.24) is 0 Å². The Morgan fingerprint density at radius 2 is 1.76 bits per heavy atom. The Morgan fingerprint density at radius 3 is 2.14 bits per heavy atom. The Morgan fingerprint density at radius 1 is 1.24 bits per heavy atom. The molecule has 0 radical (unpaired) electrons. The Hall–Kier alpha value is -1.37. The fraction of sp³-hybridized carbons (Fsp3) is 0.500. The van der Waals surface area contributed by atoms with Crippen molar-refractivity contribution < 1.29 is 18.4 Å². The lowest BCUT2D eigenvalue weighted by Gasteiger charge is -2.20. The van der Waals surface area contributed by atoms with E-state index in [1.807, 2.05) is 12.1 Å². The molecule has 0 spiro atoms. The third-order valence-corrected chi connectivity index (χ3v) is 4.11. The van der Waals surface area contributed by atoms with Crippen molar-refractivity contribution in [2.45, 2.75) is 37.3 Å². The van der Waals surface area contributed by atoms with E-state index in [1.54, 1.807) is 12.1 Å². The van der Waals surface area contributed by atoms with Crippen LogP contribution in [0.15, 0.2) is 34.3 Å². The lowest BCUT2D eigenvalue weighted by molar-refractivity contribution is -0.150. The first-order valence-corrected chi connectivity index (χ1v) is 7.31. The molecule has 1 aromatic carbocycles. The number of nitrogens with zero attached hydrogens (tertiary/aromatic N) is 1. The zero-order valence-electron chi connectivity index (χ0n) is 12.1. The van der Waals surface area contributed by atoms with Gasteiger partial charge in [-0.05, 0) is 23.1 Å². The van der Waals surface area contributed by atoms with Crippen molar-refractivity contribution in [3.63, 3.8) is 0 Å². The second-order valence-corrected chi connectivity index (χ2v) is 6.80. The molecule has 1 rings (SSSR count). The summed E-state index contributed by atoms with van der Waals surface area (Å²) in [6.07, 6.45) is -4.53. The number of alkyl halides is 3. The molecule has 0 aromatic heterocycles. The fourth-order valence-corrected chi connectivity index (χ4v) is 2.70. The average molecular weight is 320 g/mol. The van der Waals surface area contributed by atoms with Crippen molar-refractivity contribution in [2.75, 3.05) is 5.75 Å². The summed E-state index contributed by atoms with van der Waals surface area (Å²) >= 11 is 1.03. The highest BCUT2D eigenvalue weighted by Crippen LogP contribution is 2.32. The molecule has 0 saturated carbocycles. The number of hydrogen-bond donors (Lipinski definition) is 2. The van der Waals surface area contributed by atoms with E-state index in [9.17, 15) is 13.2 Å². The molecule has 0 saturated heterocycles. The predicted octanol–water partition coefficient (Wildman–Crippen LogP) is 4.00. The van der Waals surface area contributed by atoms with Crippen LogP contribution in [0.5, 0.6) is 0 Å². The summed E-state index contributed by atoms with van der Waals surface area (Å²) in [5.41, 5.74) is 6.21. The van der Waals surface area contributed by atoms with Crippen LogP contribution in [0, 0.1) is 5.92 Å². The molecule has 1 atom stereocenters. The molecule has 21 heavy (non-hydrogen) atoms. The minimum Gasteiger partial charge on any atom is -0.409 e. The number of thioether (sulfide) groups is 1. The van der Waals surface area contributed by atoms with Crippen LogP contribution in [0.3, 0.4) is 0 Å². The molecular weight excluding hydrogens is 301 g/mol. The number of rotatable bonds is 4. The van der Waals surface area contributed by atoms with E-state index in [4.69, 9.17) is 10.9 Å². The first-order valence-electron chi connectivity index (χ1n) is 6.33. The van der Waals surface area contributed by atoms with Crippen LogP contribution in [0.2, 0.25) is 0 Å². The summed E-state index contributed by atoms with van der Waals surface area (Å²) in [4.78, 5) is 0.711. The number of hydrogen-bond acceptors (Lipinski definition) is 3. The van der Waals surface area contributed by atoms with Crippen LogP contribution in [-0.4, -0.2) is 23.0 Å². The van der Waals surface area contributed by atoms with Crippen molar-refractivity contribution in [3.8, 4) is 0 Å². The zero-order chi connectivity index (χ0) is 16.3. The highest BCUT2D eigenvalue weighted by molar-refractivity contribution is 7.99. The molecule has 0 aliphatic heterocycles. The van der Waals surface area contributed by atoms with Gasteiger partial charge >= 0.3 is 6.18 Å². The quantitative estimate of drug-likeness (QED) is 0.290. The van der Waals surface area contributed by atoms with E-state index >= 15 is 0 Å². The number of amidine groups is 1. The van der Waals surface area contributed by atoms with Gasteiger partial charge in [0, 0.05) is 10.6 Å². The molecule has 0 amide bonds. The first-order chi connectivity index (χ1) is 9.55. The van der Waals surface area contributed by atoms with Gasteiger partial charge in [0.15, 0.2) is 5.84 Å². The maximum absolute atomic E-state index is 12.8. The minimum absolute atomic E-state index is 0.00826. The molecule has 7 heteroatoms. The Balaban J connectivity index is 2.78. The second-order valence-electron chi connectivity index (χ2n) is 5.70. The number of benzene rings is 1. The normalized spacial score (nSPS) is 15.0. The molecule has 3 nitrogen and oxygen atoms in total. The average Bonchev–Trinajstić information content (AvgIpc) is 2.36. The summed E-state index contributed by atoms with van der Waals surface area (Å²) in [5, 5.41) is 10.9. The van der Waals surface area contributed by atoms with Crippen LogP contribution in [-0.2, 0) is 5.41 Å². The number of oxime groups is 1. The van der Waals surface area contributed by atoms with Gasteiger partial charge in [-0.25, -0.2) is 0 Å². The number of halogens is 3. The van der Waals surface area contributed by atoms with E-state index in [1.165, 1.54) is 0 Å². The van der Waals surface area contributed by atoms with E-state index in [-0.39, 0.29) is 11.2 Å². The molecule has 118 valence electrons. The van der Waals surface area contributed by atoms with Crippen LogP contribution in [0.1, 0.15) is 26.3 Å². The van der Waals surface area contributed by atoms with Gasteiger partial charge < -0.3 is 10.9 Å². The lowest BCUT2D eigenvalue weighted by Crippen LogP contribution is -2.37. The molecular formula is C14H19F3N2OS. The molecule has 1 aromatic rings. The number of nitrogens with two attached hydrogens (primary N) is 1. The molecule has 0 bridgehead atoms. The van der Waals surface area contributed by atoms with Gasteiger partial charge in [-0.2, -0.15) is 13.2 Å². The van der Waals surface area contributed by atoms with Crippen LogP contribution >= 0.6 is 11.8 Å². The van der Waals surface area contributed by atoms with E-state index in [0.717, 1.165) is 17.3 Å². The molecule has 0 aliphatic rings. The Bertz CT molecular complexity index is 492. The third-order valence-electron chi connectivity index (χ3n) is 3.00. The molecule has 3 N–H and O–H groups in total. The molecule has 1 unspecified atom stereocenters. The fourth-order valence-electron chi connectivity index (χ4n) is 1.65. The van der Waals surface area contributed by atoms with Gasteiger partial charge in [0.05, 0.1) is 0 Å². The topological polar surface area (TPSA) is 58.6 Å². The largest absolute Gasteiger partial charge is 0.409 e. The SMILES string of the molecule is CC(C)(C)c1ccc(SCC(/C(N)=N/O)C(F)(F)F)cc1. The predicted molar refractivity (Wildman–Crippen MR) is 78.8 cm³/mol. The van der Waals surface area contributed by atoms with Gasteiger partial charge in [0.2, 0.25) is 0 Å². The van der Waals surface area contributed by atoms with E-state index in [0.29, 0.717) is 4.90 Å². The summed E-state index contributed by atoms with van der Waals surface area (Å²) < 4.78 is 38.4. The summed E-state index contributed by atoms with van der Waals surface area (Å²) in [6, 6.07) is 7.36. The molecule has 0 heterocycles. The first kappa shape index (κ1) is 17.7. The zero-order valence-corrected chi connectivity index (χ0v) is 12.9. The third kappa shape index (κ3) is 5.15. The van der Waals surface area contributed by atoms with Crippen LogP contribution in [0.4, 0.5) is 13.2 Å². The summed E-state index contributed by atoms with van der Waals surface area (Å²) in [5.74, 6) is -3.11. The van der Waals surface area contributed by atoms with E-state index in [2.05, 4.69) is 25.9 Å². The van der Waals surface area contributed by atoms with E-state index < -0.39 is 17.9 Å². The van der Waals surface area contributed by atoms with Gasteiger partial charge in [0.25, 0.3) is 0 Å². The van der Waals surface area contributed by atoms with Gasteiger partial charge in [-0.15, -0.1) is 11.8 Å². The van der Waals surface area contributed by atoms with Crippen molar-refractivity contribution in [1.29, 1.82) is 0 Å². The van der Waals surface area contributed by atoms with Crippen molar-refractivity contribution in [3.05, 3.63) is 29.8 Å². The maximum atomic E-state index is 12.8. The summed E-state index contributed by atoms with van der Waals surface area (Å²) in [6.45, 7) is 6.19. The Kier molecular flexibility index (Phi) is 5.55. The van der Waals surface area contributed by atoms with Gasteiger partial charge in [-0.3, -0.25) is 0 Å². The van der Waals surface area contributed by atoms with Crippen LogP contribution < -0.4 is 5.73 Å². The van der Waals surface area contributed by atoms with Gasteiger partial charge in [-0.1, -0.05) is 38.1 Å². The van der Waals surface area contributed by atoms with Crippen LogP contribution in [0.25, 0.3) is 0 Å². The highest BCUT2D eigenvalue weighted by Gasteiger charge is 2.42. The van der Waals surface area contributed by atoms with Crippen molar-refractivity contribution >= 4 is 17.6 Å². The Labute approximate surface area is 126 Å². The monoisotopic (exact) mass is 320 g/mol. The highest BCUT2D eigenvalue weighted by atomic mass is 32.2. The molecule has 0 aliphatic carbocycles. The molecule has 0 fully saturated rings. The standard InChI is InChI=1S/C14H19F3N2OS/c1-13(2,3)9-4-6-10(7-5-9)21-8-11(12(18)19-20)14(15,16)17/h4-7,11,20H,8H2,1-3H3,(H2,18,19). The summed E-state index contributed by atoms with van der Waals surface area (Å²) in [7, 11) is 0. The maximum Gasteiger partial charge on any atom is 0.399 e. The van der Waals surface area contributed by atoms with Crippen molar-refractivity contribution in [2.24, 2.45) is 16.8 Å². The van der Waals surface area contributed by atoms with Gasteiger partial charge in [0.1, 0.15) is 5.92 Å².